The summed E-state index contributed by atoms with van der Waals surface area (Å²) in [6, 6.07) is 0.161. The van der Waals surface area contributed by atoms with Crippen LogP contribution in [0.4, 0.5) is 0 Å². The van der Waals surface area contributed by atoms with Crippen LogP contribution in [0.15, 0.2) is 10.7 Å². The van der Waals surface area contributed by atoms with Gasteiger partial charge < -0.3 is 5.73 Å². The first-order valence-electron chi connectivity index (χ1n) is 6.15. The highest BCUT2D eigenvalue weighted by molar-refractivity contribution is 9.10. The van der Waals surface area contributed by atoms with Crippen molar-refractivity contribution >= 4 is 15.9 Å². The maximum atomic E-state index is 5.86. The number of nitrogens with zero attached hydrogens (tertiary/aromatic N) is 2. The lowest BCUT2D eigenvalue weighted by molar-refractivity contribution is 0.406. The molecule has 0 bridgehead atoms. The number of hydrogen-bond acceptors (Lipinski definition) is 2. The molecule has 2 rings (SSSR count). The Morgan fingerprint density at radius 1 is 1.50 bits per heavy atom. The van der Waals surface area contributed by atoms with Gasteiger partial charge in [0.2, 0.25) is 0 Å². The van der Waals surface area contributed by atoms with Crippen molar-refractivity contribution < 1.29 is 0 Å². The molecule has 0 radical (unpaired) electrons. The summed E-state index contributed by atoms with van der Waals surface area (Å²) in [7, 11) is 0. The second-order valence-corrected chi connectivity index (χ2v) is 5.73. The molecule has 1 saturated carbocycles. The van der Waals surface area contributed by atoms with Gasteiger partial charge in [-0.25, -0.2) is 0 Å². The first-order chi connectivity index (χ1) is 7.68. The van der Waals surface area contributed by atoms with Gasteiger partial charge in [-0.15, -0.1) is 0 Å². The quantitative estimate of drug-likeness (QED) is 0.928. The summed E-state index contributed by atoms with van der Waals surface area (Å²) in [4.78, 5) is 0. The van der Waals surface area contributed by atoms with Crippen molar-refractivity contribution in [2.45, 2.75) is 57.5 Å². The van der Waals surface area contributed by atoms with Crippen LogP contribution in [0.1, 0.15) is 50.6 Å². The molecule has 0 spiro atoms. The Bertz CT molecular complexity index is 340. The summed E-state index contributed by atoms with van der Waals surface area (Å²) in [5.74, 6) is 0.671. The van der Waals surface area contributed by atoms with E-state index in [0.29, 0.717) is 5.92 Å². The molecular weight excluding hydrogens is 266 g/mol. The lowest BCUT2D eigenvalue weighted by Crippen LogP contribution is -2.25. The van der Waals surface area contributed by atoms with E-state index in [1.54, 1.807) is 0 Å². The van der Waals surface area contributed by atoms with Gasteiger partial charge in [-0.05, 0) is 35.7 Å². The third-order valence-corrected chi connectivity index (χ3v) is 3.90. The van der Waals surface area contributed by atoms with E-state index in [-0.39, 0.29) is 6.04 Å². The minimum atomic E-state index is 0.161. The summed E-state index contributed by atoms with van der Waals surface area (Å²) in [6.07, 6.45) is 8.58. The molecule has 0 amide bonds. The fourth-order valence-electron chi connectivity index (χ4n) is 2.57. The number of hydrogen-bond donors (Lipinski definition) is 1. The van der Waals surface area contributed by atoms with E-state index < -0.39 is 0 Å². The summed E-state index contributed by atoms with van der Waals surface area (Å²) in [5, 5.41) is 4.42. The van der Waals surface area contributed by atoms with Gasteiger partial charge in [-0.3, -0.25) is 4.68 Å². The monoisotopic (exact) mass is 285 g/mol. The van der Waals surface area contributed by atoms with Crippen molar-refractivity contribution in [2.24, 2.45) is 5.73 Å². The van der Waals surface area contributed by atoms with E-state index in [9.17, 15) is 0 Å². The third kappa shape index (κ3) is 2.66. The molecule has 90 valence electrons. The Morgan fingerprint density at radius 2 is 2.19 bits per heavy atom. The molecule has 0 aliphatic heterocycles. The van der Waals surface area contributed by atoms with Crippen LogP contribution in [0.3, 0.4) is 0 Å². The minimum absolute atomic E-state index is 0.161. The lowest BCUT2D eigenvalue weighted by atomic mass is 9.87. The van der Waals surface area contributed by atoms with Gasteiger partial charge in [0.05, 0.1) is 22.9 Å². The molecule has 1 fully saturated rings. The van der Waals surface area contributed by atoms with Crippen LogP contribution in [0.2, 0.25) is 0 Å². The van der Waals surface area contributed by atoms with E-state index in [2.05, 4.69) is 25.7 Å². The minimum Gasteiger partial charge on any atom is -0.326 e. The van der Waals surface area contributed by atoms with Crippen LogP contribution in [0, 0.1) is 0 Å². The van der Waals surface area contributed by atoms with Crippen LogP contribution in [-0.4, -0.2) is 15.8 Å². The lowest BCUT2D eigenvalue weighted by Gasteiger charge is -2.23. The topological polar surface area (TPSA) is 43.8 Å². The molecule has 16 heavy (non-hydrogen) atoms. The SMILES string of the molecule is CC(N)Cn1ncc(Br)c1C1CCCCC1. The average Bonchev–Trinajstić information content (AvgIpc) is 2.60. The van der Waals surface area contributed by atoms with Crippen molar-refractivity contribution in [3.8, 4) is 0 Å². The molecule has 1 atom stereocenters. The molecule has 2 N–H and O–H groups in total. The van der Waals surface area contributed by atoms with Crippen molar-refractivity contribution in [1.82, 2.24) is 9.78 Å². The predicted octanol–water partition coefficient (Wildman–Crippen LogP) is 3.04. The van der Waals surface area contributed by atoms with Gasteiger partial charge in [0, 0.05) is 12.0 Å². The molecular formula is C12H20BrN3. The zero-order valence-electron chi connectivity index (χ0n) is 9.82. The van der Waals surface area contributed by atoms with Crippen LogP contribution in [-0.2, 0) is 6.54 Å². The average molecular weight is 286 g/mol. The van der Waals surface area contributed by atoms with E-state index in [1.807, 2.05) is 13.1 Å². The van der Waals surface area contributed by atoms with Crippen LogP contribution in [0.25, 0.3) is 0 Å². The molecule has 1 aromatic heterocycles. The van der Waals surface area contributed by atoms with Gasteiger partial charge in [-0.2, -0.15) is 5.10 Å². The van der Waals surface area contributed by atoms with Gasteiger partial charge >= 0.3 is 0 Å². The molecule has 0 aromatic carbocycles. The molecule has 0 saturated heterocycles. The Balaban J connectivity index is 2.19. The van der Waals surface area contributed by atoms with Gasteiger partial charge in [0.1, 0.15) is 0 Å². The van der Waals surface area contributed by atoms with Crippen LogP contribution in [0.5, 0.6) is 0 Å². The maximum absolute atomic E-state index is 5.86. The summed E-state index contributed by atoms with van der Waals surface area (Å²) in [5.41, 5.74) is 7.21. The molecule has 1 aliphatic rings. The zero-order valence-corrected chi connectivity index (χ0v) is 11.4. The molecule has 1 unspecified atom stereocenters. The predicted molar refractivity (Wildman–Crippen MR) is 69.4 cm³/mol. The van der Waals surface area contributed by atoms with Crippen molar-refractivity contribution in [3.63, 3.8) is 0 Å². The van der Waals surface area contributed by atoms with Crippen molar-refractivity contribution in [1.29, 1.82) is 0 Å². The first kappa shape index (κ1) is 12.1. The van der Waals surface area contributed by atoms with E-state index in [0.717, 1.165) is 11.0 Å². The van der Waals surface area contributed by atoms with Crippen LogP contribution < -0.4 is 5.73 Å². The van der Waals surface area contributed by atoms with Gasteiger partial charge in [0.15, 0.2) is 0 Å². The number of rotatable bonds is 3. The number of nitrogens with two attached hydrogens (primary N) is 1. The van der Waals surface area contributed by atoms with E-state index in [4.69, 9.17) is 5.73 Å². The number of aromatic nitrogens is 2. The summed E-state index contributed by atoms with van der Waals surface area (Å²) < 4.78 is 3.24. The second-order valence-electron chi connectivity index (χ2n) is 4.87. The van der Waals surface area contributed by atoms with Crippen molar-refractivity contribution in [2.75, 3.05) is 0 Å². The van der Waals surface area contributed by atoms with Crippen molar-refractivity contribution in [3.05, 3.63) is 16.4 Å². The highest BCUT2D eigenvalue weighted by atomic mass is 79.9. The van der Waals surface area contributed by atoms with Gasteiger partial charge in [-0.1, -0.05) is 19.3 Å². The Kier molecular flexibility index (Phi) is 4.03. The van der Waals surface area contributed by atoms with Gasteiger partial charge in [0.25, 0.3) is 0 Å². The first-order valence-corrected chi connectivity index (χ1v) is 6.94. The third-order valence-electron chi connectivity index (χ3n) is 3.29. The molecule has 1 aromatic rings. The maximum Gasteiger partial charge on any atom is 0.0635 e. The molecule has 1 aliphatic carbocycles. The molecule has 3 nitrogen and oxygen atoms in total. The van der Waals surface area contributed by atoms with Crippen LogP contribution >= 0.6 is 15.9 Å². The van der Waals surface area contributed by atoms with E-state index >= 15 is 0 Å². The Labute approximate surface area is 106 Å². The second kappa shape index (κ2) is 5.32. The number of halogens is 1. The Hall–Kier alpha value is -0.350. The largest absolute Gasteiger partial charge is 0.326 e. The smallest absolute Gasteiger partial charge is 0.0635 e. The normalized spacial score (nSPS) is 19.9. The molecule has 1 heterocycles. The standard InChI is InChI=1S/C12H20BrN3/c1-9(14)8-16-12(11(13)7-15-16)10-5-3-2-4-6-10/h7,9-10H,2-6,8,14H2,1H3. The summed E-state index contributed by atoms with van der Waals surface area (Å²) in [6.45, 7) is 2.84. The zero-order chi connectivity index (χ0) is 11.5. The fourth-order valence-corrected chi connectivity index (χ4v) is 3.19. The Morgan fingerprint density at radius 3 is 2.81 bits per heavy atom. The highest BCUT2D eigenvalue weighted by Crippen LogP contribution is 2.36. The molecule has 4 heteroatoms. The highest BCUT2D eigenvalue weighted by Gasteiger charge is 2.22. The van der Waals surface area contributed by atoms with E-state index in [1.165, 1.54) is 37.8 Å². The summed E-state index contributed by atoms with van der Waals surface area (Å²) >= 11 is 3.62. The fraction of sp³-hybridized carbons (Fsp3) is 0.750.